The number of fused-ring (bicyclic) bond motifs is 1. The van der Waals surface area contributed by atoms with Gasteiger partial charge in [0.15, 0.2) is 0 Å². The number of rotatable bonds is 4. The molecule has 0 aromatic carbocycles. The van der Waals surface area contributed by atoms with E-state index in [1.807, 2.05) is 14.0 Å². The van der Waals surface area contributed by atoms with Crippen molar-refractivity contribution in [2.75, 3.05) is 7.05 Å². The van der Waals surface area contributed by atoms with Gasteiger partial charge in [-0.15, -0.1) is 0 Å². The Labute approximate surface area is 104 Å². The number of nitrogens with zero attached hydrogens (tertiary/aromatic N) is 2. The normalized spacial score (nSPS) is 11.0. The Hall–Kier alpha value is -1.95. The van der Waals surface area contributed by atoms with Crippen LogP contribution in [-0.2, 0) is 13.1 Å². The van der Waals surface area contributed by atoms with Crippen molar-refractivity contribution in [3.63, 3.8) is 0 Å². The standard InChI is InChI=1S/C12H16N4O2/c1-3-4-16-10-9(11(17)15-12(16)18)5-8(6-13-2)7-14-10/h5,7,13H,3-4,6H2,1-2H3,(H,15,17,18). The Balaban J connectivity index is 2.72. The molecule has 0 bridgehead atoms. The van der Waals surface area contributed by atoms with Crippen LogP contribution < -0.4 is 16.6 Å². The summed E-state index contributed by atoms with van der Waals surface area (Å²) in [6.07, 6.45) is 2.49. The minimum absolute atomic E-state index is 0.382. The first-order valence-electron chi connectivity index (χ1n) is 5.93. The average molecular weight is 248 g/mol. The van der Waals surface area contributed by atoms with Gasteiger partial charge in [-0.1, -0.05) is 6.92 Å². The van der Waals surface area contributed by atoms with Gasteiger partial charge in [-0.05, 0) is 25.1 Å². The Bertz CT molecular complexity index is 672. The predicted molar refractivity (Wildman–Crippen MR) is 69.7 cm³/mol. The van der Waals surface area contributed by atoms with Gasteiger partial charge in [-0.25, -0.2) is 9.78 Å². The molecular formula is C12H16N4O2. The first kappa shape index (κ1) is 12.5. The molecule has 0 amide bonds. The summed E-state index contributed by atoms with van der Waals surface area (Å²) in [5, 5.41) is 3.45. The summed E-state index contributed by atoms with van der Waals surface area (Å²) in [7, 11) is 1.83. The number of aromatic amines is 1. The minimum atomic E-state index is -0.400. The second-order valence-electron chi connectivity index (χ2n) is 4.16. The highest BCUT2D eigenvalue weighted by molar-refractivity contribution is 5.74. The minimum Gasteiger partial charge on any atom is -0.316 e. The highest BCUT2D eigenvalue weighted by Crippen LogP contribution is 2.07. The molecule has 0 fully saturated rings. The van der Waals surface area contributed by atoms with Crippen LogP contribution in [-0.4, -0.2) is 21.6 Å². The fourth-order valence-corrected chi connectivity index (χ4v) is 1.94. The Morgan fingerprint density at radius 3 is 2.89 bits per heavy atom. The van der Waals surface area contributed by atoms with Gasteiger partial charge in [-0.2, -0.15) is 0 Å². The van der Waals surface area contributed by atoms with Gasteiger partial charge in [0.1, 0.15) is 5.65 Å². The maximum absolute atomic E-state index is 11.8. The summed E-state index contributed by atoms with van der Waals surface area (Å²) in [6.45, 7) is 3.15. The number of H-pyrrole nitrogens is 1. The molecule has 2 heterocycles. The molecule has 2 N–H and O–H groups in total. The van der Waals surface area contributed by atoms with Crippen LogP contribution in [0, 0.1) is 0 Å². The molecule has 2 aromatic rings. The van der Waals surface area contributed by atoms with E-state index in [1.54, 1.807) is 12.3 Å². The highest BCUT2D eigenvalue weighted by Gasteiger charge is 2.08. The lowest BCUT2D eigenvalue weighted by molar-refractivity contribution is 0.651. The van der Waals surface area contributed by atoms with E-state index in [2.05, 4.69) is 15.3 Å². The molecule has 2 aromatic heterocycles. The number of pyridine rings is 1. The summed E-state index contributed by atoms with van der Waals surface area (Å²) >= 11 is 0. The van der Waals surface area contributed by atoms with E-state index in [4.69, 9.17) is 0 Å². The smallest absolute Gasteiger partial charge is 0.316 e. The summed E-state index contributed by atoms with van der Waals surface area (Å²) in [5.74, 6) is 0. The van der Waals surface area contributed by atoms with Crippen LogP contribution >= 0.6 is 0 Å². The molecule has 0 spiro atoms. The lowest BCUT2D eigenvalue weighted by Crippen LogP contribution is -2.31. The number of aromatic nitrogens is 3. The topological polar surface area (TPSA) is 79.8 Å². The van der Waals surface area contributed by atoms with Crippen molar-refractivity contribution in [1.29, 1.82) is 0 Å². The average Bonchev–Trinajstić information content (AvgIpc) is 2.35. The van der Waals surface area contributed by atoms with E-state index in [0.717, 1.165) is 12.0 Å². The van der Waals surface area contributed by atoms with E-state index in [0.29, 0.717) is 24.1 Å². The van der Waals surface area contributed by atoms with Gasteiger partial charge < -0.3 is 5.32 Å². The number of nitrogens with one attached hydrogen (secondary N) is 2. The molecule has 18 heavy (non-hydrogen) atoms. The third-order valence-corrected chi connectivity index (χ3v) is 2.72. The van der Waals surface area contributed by atoms with Crippen molar-refractivity contribution < 1.29 is 0 Å². The molecule has 6 heteroatoms. The van der Waals surface area contributed by atoms with Crippen molar-refractivity contribution in [2.24, 2.45) is 0 Å². The molecule has 0 aliphatic carbocycles. The van der Waals surface area contributed by atoms with Crippen LogP contribution in [0.25, 0.3) is 11.0 Å². The fourth-order valence-electron chi connectivity index (χ4n) is 1.94. The Morgan fingerprint density at radius 1 is 1.44 bits per heavy atom. The molecule has 6 nitrogen and oxygen atoms in total. The van der Waals surface area contributed by atoms with Gasteiger partial charge in [-0.3, -0.25) is 14.3 Å². The van der Waals surface area contributed by atoms with Crippen molar-refractivity contribution in [3.05, 3.63) is 38.7 Å². The Morgan fingerprint density at radius 2 is 2.22 bits per heavy atom. The maximum Gasteiger partial charge on any atom is 0.329 e. The van der Waals surface area contributed by atoms with Crippen molar-refractivity contribution in [2.45, 2.75) is 26.4 Å². The summed E-state index contributed by atoms with van der Waals surface area (Å²) < 4.78 is 1.50. The molecule has 0 aliphatic rings. The van der Waals surface area contributed by atoms with Gasteiger partial charge in [0.05, 0.1) is 5.39 Å². The van der Waals surface area contributed by atoms with Gasteiger partial charge >= 0.3 is 5.69 Å². The second kappa shape index (κ2) is 5.14. The first-order chi connectivity index (χ1) is 8.67. The van der Waals surface area contributed by atoms with Gasteiger partial charge in [0, 0.05) is 19.3 Å². The zero-order valence-corrected chi connectivity index (χ0v) is 10.5. The van der Waals surface area contributed by atoms with Crippen LogP contribution in [0.5, 0.6) is 0 Å². The fraction of sp³-hybridized carbons (Fsp3) is 0.417. The SMILES string of the molecule is CCCn1c(=O)[nH]c(=O)c2cc(CNC)cnc21. The molecule has 0 radical (unpaired) electrons. The lowest BCUT2D eigenvalue weighted by atomic mass is 10.2. The quantitative estimate of drug-likeness (QED) is 0.811. The van der Waals surface area contributed by atoms with Crippen LogP contribution in [0.15, 0.2) is 21.9 Å². The molecule has 0 aliphatic heterocycles. The molecule has 0 saturated carbocycles. The number of hydrogen-bond donors (Lipinski definition) is 2. The van der Waals surface area contributed by atoms with Crippen molar-refractivity contribution in [1.82, 2.24) is 19.9 Å². The van der Waals surface area contributed by atoms with E-state index in [1.165, 1.54) is 4.57 Å². The van der Waals surface area contributed by atoms with Gasteiger partial charge in [0.25, 0.3) is 5.56 Å². The van der Waals surface area contributed by atoms with Crippen LogP contribution in [0.1, 0.15) is 18.9 Å². The zero-order chi connectivity index (χ0) is 13.1. The van der Waals surface area contributed by atoms with Crippen LogP contribution in [0.4, 0.5) is 0 Å². The van der Waals surface area contributed by atoms with Crippen molar-refractivity contribution in [3.8, 4) is 0 Å². The van der Waals surface area contributed by atoms with Crippen LogP contribution in [0.3, 0.4) is 0 Å². The molecule has 0 atom stereocenters. The van der Waals surface area contributed by atoms with E-state index in [9.17, 15) is 9.59 Å². The largest absolute Gasteiger partial charge is 0.329 e. The Kier molecular flexibility index (Phi) is 3.57. The molecule has 2 rings (SSSR count). The summed E-state index contributed by atoms with van der Waals surface area (Å²) in [4.78, 5) is 30.1. The van der Waals surface area contributed by atoms with E-state index < -0.39 is 5.69 Å². The molecule has 0 saturated heterocycles. The third-order valence-electron chi connectivity index (χ3n) is 2.72. The number of aryl methyl sites for hydroxylation is 1. The van der Waals surface area contributed by atoms with Crippen LogP contribution in [0.2, 0.25) is 0 Å². The monoisotopic (exact) mass is 248 g/mol. The van der Waals surface area contributed by atoms with E-state index >= 15 is 0 Å². The zero-order valence-electron chi connectivity index (χ0n) is 10.5. The predicted octanol–water partition coefficient (Wildman–Crippen LogP) is 0.214. The molecule has 96 valence electrons. The third kappa shape index (κ3) is 2.19. The number of hydrogen-bond acceptors (Lipinski definition) is 4. The lowest BCUT2D eigenvalue weighted by Gasteiger charge is -2.08. The van der Waals surface area contributed by atoms with E-state index in [-0.39, 0.29) is 5.56 Å². The molecule has 0 unspecified atom stereocenters. The maximum atomic E-state index is 11.8. The summed E-state index contributed by atoms with van der Waals surface area (Å²) in [6, 6.07) is 1.77. The van der Waals surface area contributed by atoms with Gasteiger partial charge in [0.2, 0.25) is 0 Å². The first-order valence-corrected chi connectivity index (χ1v) is 5.93. The van der Waals surface area contributed by atoms with Crippen molar-refractivity contribution >= 4 is 11.0 Å². The highest BCUT2D eigenvalue weighted by atomic mass is 16.2. The molecular weight excluding hydrogens is 232 g/mol. The summed E-state index contributed by atoms with van der Waals surface area (Å²) in [5.41, 5.74) is 0.582. The second-order valence-corrected chi connectivity index (χ2v) is 4.16.